The Morgan fingerprint density at radius 2 is 2.00 bits per heavy atom. The lowest BCUT2D eigenvalue weighted by Crippen LogP contribution is -2.41. The molecule has 0 heterocycles. The monoisotopic (exact) mass is 185 g/mol. The fraction of sp³-hybridized carbons (Fsp3) is 0.900. The molecule has 0 radical (unpaired) electrons. The van der Waals surface area contributed by atoms with Crippen LogP contribution in [0.15, 0.2) is 0 Å². The fourth-order valence-electron chi connectivity index (χ4n) is 2.12. The van der Waals surface area contributed by atoms with E-state index in [1.165, 1.54) is 0 Å². The third kappa shape index (κ3) is 2.44. The van der Waals surface area contributed by atoms with Gasteiger partial charge in [-0.1, -0.05) is 20.3 Å². The maximum absolute atomic E-state index is 10.7. The Kier molecular flexibility index (Phi) is 3.31. The predicted octanol–water partition coefficient (Wildman–Crippen LogP) is 1.47. The van der Waals surface area contributed by atoms with Crippen LogP contribution in [0.4, 0.5) is 0 Å². The Balaban J connectivity index is 2.50. The van der Waals surface area contributed by atoms with Crippen LogP contribution in [0.25, 0.3) is 0 Å². The molecule has 1 rings (SSSR count). The number of aliphatic carboxylic acids is 1. The van der Waals surface area contributed by atoms with Gasteiger partial charge in [0, 0.05) is 0 Å². The summed E-state index contributed by atoms with van der Waals surface area (Å²) < 4.78 is 0. The number of hydrogen-bond donors (Lipinski definition) is 2. The van der Waals surface area contributed by atoms with Crippen molar-refractivity contribution in [2.45, 2.75) is 39.2 Å². The first-order valence-corrected chi connectivity index (χ1v) is 5.00. The molecule has 0 aromatic rings. The van der Waals surface area contributed by atoms with Crippen LogP contribution in [0, 0.1) is 17.8 Å². The van der Waals surface area contributed by atoms with Crippen LogP contribution in [0.1, 0.15) is 33.1 Å². The van der Waals surface area contributed by atoms with Crippen molar-refractivity contribution in [2.24, 2.45) is 23.5 Å². The molecule has 3 nitrogen and oxygen atoms in total. The van der Waals surface area contributed by atoms with Crippen molar-refractivity contribution in [1.29, 1.82) is 0 Å². The highest BCUT2D eigenvalue weighted by atomic mass is 16.4. The third-order valence-corrected chi connectivity index (χ3v) is 3.43. The highest BCUT2D eigenvalue weighted by Gasteiger charge is 2.31. The van der Waals surface area contributed by atoms with Gasteiger partial charge in [-0.2, -0.15) is 0 Å². The molecule has 0 aromatic carbocycles. The van der Waals surface area contributed by atoms with Gasteiger partial charge in [0.2, 0.25) is 0 Å². The van der Waals surface area contributed by atoms with Gasteiger partial charge >= 0.3 is 5.97 Å². The molecule has 1 saturated carbocycles. The number of carboxylic acids is 1. The summed E-state index contributed by atoms with van der Waals surface area (Å²) in [5.41, 5.74) is 5.60. The van der Waals surface area contributed by atoms with E-state index in [0.29, 0.717) is 5.92 Å². The topological polar surface area (TPSA) is 63.3 Å². The molecule has 76 valence electrons. The van der Waals surface area contributed by atoms with Gasteiger partial charge in [-0.3, -0.25) is 4.79 Å². The van der Waals surface area contributed by atoms with Gasteiger partial charge in [-0.15, -0.1) is 0 Å². The van der Waals surface area contributed by atoms with E-state index in [2.05, 4.69) is 13.8 Å². The van der Waals surface area contributed by atoms with Crippen LogP contribution >= 0.6 is 0 Å². The molecule has 3 heteroatoms. The summed E-state index contributed by atoms with van der Waals surface area (Å²) in [6.07, 6.45) is 3.06. The van der Waals surface area contributed by atoms with E-state index in [1.54, 1.807) is 0 Å². The summed E-state index contributed by atoms with van der Waals surface area (Å²) >= 11 is 0. The minimum atomic E-state index is -0.855. The van der Waals surface area contributed by atoms with E-state index in [1.807, 2.05) is 0 Å². The average Bonchev–Trinajstić information content (AvgIpc) is 2.08. The van der Waals surface area contributed by atoms with E-state index >= 15 is 0 Å². The van der Waals surface area contributed by atoms with Crippen LogP contribution in [0.5, 0.6) is 0 Å². The summed E-state index contributed by atoms with van der Waals surface area (Å²) in [5, 5.41) is 8.76. The lowest BCUT2D eigenvalue weighted by Gasteiger charge is -2.33. The fourth-order valence-corrected chi connectivity index (χ4v) is 2.12. The molecule has 13 heavy (non-hydrogen) atoms. The second-order valence-corrected chi connectivity index (χ2v) is 4.39. The first-order chi connectivity index (χ1) is 6.02. The van der Waals surface area contributed by atoms with Crippen LogP contribution in [-0.4, -0.2) is 17.1 Å². The van der Waals surface area contributed by atoms with E-state index in [4.69, 9.17) is 10.8 Å². The Hall–Kier alpha value is -0.570. The molecule has 3 unspecified atom stereocenters. The van der Waals surface area contributed by atoms with E-state index < -0.39 is 12.0 Å². The molecule has 1 fully saturated rings. The largest absolute Gasteiger partial charge is 0.480 e. The van der Waals surface area contributed by atoms with Crippen LogP contribution in [0.2, 0.25) is 0 Å². The molecule has 1 aliphatic carbocycles. The highest BCUT2D eigenvalue weighted by molar-refractivity contribution is 5.73. The Bertz CT molecular complexity index is 193. The maximum atomic E-state index is 10.7. The van der Waals surface area contributed by atoms with Gasteiger partial charge in [0.25, 0.3) is 0 Å². The summed E-state index contributed by atoms with van der Waals surface area (Å²) in [7, 11) is 0. The molecule has 1 aliphatic rings. The molecule has 0 amide bonds. The molecule has 0 saturated heterocycles. The summed E-state index contributed by atoms with van der Waals surface area (Å²) in [4.78, 5) is 10.7. The summed E-state index contributed by atoms with van der Waals surface area (Å²) in [6, 6.07) is -0.657. The zero-order valence-electron chi connectivity index (χ0n) is 8.36. The Morgan fingerprint density at radius 1 is 1.38 bits per heavy atom. The second kappa shape index (κ2) is 4.09. The standard InChI is InChI=1S/C10H19NO2/c1-6-3-4-8(5-7(6)2)9(11)10(12)13/h6-9H,3-5,11H2,1-2H3,(H,12,13)/t6?,7?,8?,9-/m1/s1. The molecule has 0 aromatic heterocycles. The van der Waals surface area contributed by atoms with Crippen LogP contribution in [0.3, 0.4) is 0 Å². The summed E-state index contributed by atoms with van der Waals surface area (Å²) in [5.74, 6) is 0.664. The van der Waals surface area contributed by atoms with Crippen molar-refractivity contribution in [3.05, 3.63) is 0 Å². The SMILES string of the molecule is CC1CCC([C@@H](N)C(=O)O)CC1C. The molecule has 0 bridgehead atoms. The van der Waals surface area contributed by atoms with Crippen molar-refractivity contribution in [3.8, 4) is 0 Å². The zero-order chi connectivity index (χ0) is 10.0. The van der Waals surface area contributed by atoms with Gasteiger partial charge in [-0.25, -0.2) is 0 Å². The molecule has 0 spiro atoms. The molecule has 0 aliphatic heterocycles. The van der Waals surface area contributed by atoms with Gasteiger partial charge < -0.3 is 10.8 Å². The van der Waals surface area contributed by atoms with Crippen molar-refractivity contribution < 1.29 is 9.90 Å². The molecular formula is C10H19NO2. The molecule has 4 atom stereocenters. The van der Waals surface area contributed by atoms with Crippen molar-refractivity contribution in [2.75, 3.05) is 0 Å². The second-order valence-electron chi connectivity index (χ2n) is 4.39. The average molecular weight is 185 g/mol. The molecule has 3 N–H and O–H groups in total. The smallest absolute Gasteiger partial charge is 0.320 e. The Morgan fingerprint density at radius 3 is 2.46 bits per heavy atom. The van der Waals surface area contributed by atoms with Gasteiger partial charge in [0.05, 0.1) is 0 Å². The number of carboxylic acid groups (broad SMARTS) is 1. The van der Waals surface area contributed by atoms with Crippen LogP contribution in [-0.2, 0) is 4.79 Å². The van der Waals surface area contributed by atoms with Gasteiger partial charge in [-0.05, 0) is 30.6 Å². The quantitative estimate of drug-likeness (QED) is 0.684. The van der Waals surface area contributed by atoms with Crippen LogP contribution < -0.4 is 5.73 Å². The number of carbonyl (C=O) groups is 1. The van der Waals surface area contributed by atoms with E-state index in [9.17, 15) is 4.79 Å². The first-order valence-electron chi connectivity index (χ1n) is 5.00. The third-order valence-electron chi connectivity index (χ3n) is 3.43. The first kappa shape index (κ1) is 10.5. The number of rotatable bonds is 2. The lowest BCUT2D eigenvalue weighted by molar-refractivity contribution is -0.140. The van der Waals surface area contributed by atoms with Gasteiger partial charge in [0.15, 0.2) is 0 Å². The minimum absolute atomic E-state index is 0.184. The number of nitrogens with two attached hydrogens (primary N) is 1. The minimum Gasteiger partial charge on any atom is -0.480 e. The zero-order valence-corrected chi connectivity index (χ0v) is 8.36. The maximum Gasteiger partial charge on any atom is 0.320 e. The van der Waals surface area contributed by atoms with E-state index in [0.717, 1.165) is 25.2 Å². The van der Waals surface area contributed by atoms with E-state index in [-0.39, 0.29) is 5.92 Å². The molecular weight excluding hydrogens is 166 g/mol. The highest BCUT2D eigenvalue weighted by Crippen LogP contribution is 2.34. The van der Waals surface area contributed by atoms with Gasteiger partial charge in [0.1, 0.15) is 6.04 Å². The summed E-state index contributed by atoms with van der Waals surface area (Å²) in [6.45, 7) is 4.42. The lowest BCUT2D eigenvalue weighted by atomic mass is 9.73. The predicted molar refractivity (Wildman–Crippen MR) is 51.3 cm³/mol. The van der Waals surface area contributed by atoms with Crippen molar-refractivity contribution >= 4 is 5.97 Å². The Labute approximate surface area is 79.3 Å². The normalized spacial score (nSPS) is 37.0. The van der Waals surface area contributed by atoms with Crippen molar-refractivity contribution in [3.63, 3.8) is 0 Å². The number of hydrogen-bond acceptors (Lipinski definition) is 2. The van der Waals surface area contributed by atoms with Crippen molar-refractivity contribution in [1.82, 2.24) is 0 Å².